The Morgan fingerprint density at radius 3 is 2.25 bits per heavy atom. The summed E-state index contributed by atoms with van der Waals surface area (Å²) in [6.45, 7) is 9.45. The van der Waals surface area contributed by atoms with Gasteiger partial charge in [0.25, 0.3) is 0 Å². The maximum absolute atomic E-state index is 12.4. The Kier molecular flexibility index (Phi) is 4.51. The van der Waals surface area contributed by atoms with E-state index in [2.05, 4.69) is 25.3 Å². The van der Waals surface area contributed by atoms with Gasteiger partial charge in [0.15, 0.2) is 0 Å². The summed E-state index contributed by atoms with van der Waals surface area (Å²) in [5, 5.41) is 6.82. The predicted molar refractivity (Wildman–Crippen MR) is 91.3 cm³/mol. The Morgan fingerprint density at radius 1 is 1.08 bits per heavy atom. The Balaban J connectivity index is 1.76. The van der Waals surface area contributed by atoms with Gasteiger partial charge in [0.05, 0.1) is 29.2 Å². The van der Waals surface area contributed by atoms with Gasteiger partial charge in [0.2, 0.25) is 11.9 Å². The molecule has 0 unspecified atom stereocenters. The fourth-order valence-electron chi connectivity index (χ4n) is 3.04. The number of carbonyl (C=O) groups excluding carboxylic acids is 1. The van der Waals surface area contributed by atoms with Crippen LogP contribution in [0.15, 0.2) is 4.52 Å². The number of amides is 1. The lowest BCUT2D eigenvalue weighted by Gasteiger charge is -2.18. The molecule has 0 aromatic carbocycles. The summed E-state index contributed by atoms with van der Waals surface area (Å²) in [7, 11) is 0. The zero-order chi connectivity index (χ0) is 17.3. The quantitative estimate of drug-likeness (QED) is 0.927. The van der Waals surface area contributed by atoms with Crippen molar-refractivity contribution in [3.8, 4) is 0 Å². The SMILES string of the molecule is Cc1noc(C)c1CC(=O)Nc1c(C)nc(N2CCCC2)nc1C. The second kappa shape index (κ2) is 6.59. The Morgan fingerprint density at radius 2 is 1.71 bits per heavy atom. The van der Waals surface area contributed by atoms with Crippen LogP contribution in [-0.2, 0) is 11.2 Å². The van der Waals surface area contributed by atoms with Crippen molar-refractivity contribution in [3.05, 3.63) is 28.4 Å². The predicted octanol–water partition coefficient (Wildman–Crippen LogP) is 2.48. The van der Waals surface area contributed by atoms with E-state index in [0.29, 0.717) is 11.4 Å². The van der Waals surface area contributed by atoms with Gasteiger partial charge < -0.3 is 14.7 Å². The van der Waals surface area contributed by atoms with Gasteiger partial charge in [-0.25, -0.2) is 9.97 Å². The highest BCUT2D eigenvalue weighted by molar-refractivity contribution is 5.93. The maximum atomic E-state index is 12.4. The van der Waals surface area contributed by atoms with E-state index in [4.69, 9.17) is 4.52 Å². The molecule has 0 atom stereocenters. The van der Waals surface area contributed by atoms with E-state index in [-0.39, 0.29) is 12.3 Å². The van der Waals surface area contributed by atoms with Crippen LogP contribution < -0.4 is 10.2 Å². The minimum atomic E-state index is -0.117. The van der Waals surface area contributed by atoms with Crippen LogP contribution in [0.4, 0.5) is 11.6 Å². The lowest BCUT2D eigenvalue weighted by Crippen LogP contribution is -2.23. The summed E-state index contributed by atoms with van der Waals surface area (Å²) in [4.78, 5) is 23.7. The molecule has 7 heteroatoms. The van der Waals surface area contributed by atoms with Crippen LogP contribution in [0.2, 0.25) is 0 Å². The van der Waals surface area contributed by atoms with Crippen molar-refractivity contribution in [3.63, 3.8) is 0 Å². The number of anilines is 2. The fourth-order valence-corrected chi connectivity index (χ4v) is 3.04. The molecule has 24 heavy (non-hydrogen) atoms. The molecule has 1 amide bonds. The van der Waals surface area contributed by atoms with Gasteiger partial charge in [0.1, 0.15) is 5.76 Å². The van der Waals surface area contributed by atoms with Crippen molar-refractivity contribution < 1.29 is 9.32 Å². The number of hydrogen-bond acceptors (Lipinski definition) is 6. The second-order valence-corrected chi connectivity index (χ2v) is 6.29. The first kappa shape index (κ1) is 16.4. The highest BCUT2D eigenvalue weighted by Gasteiger charge is 2.19. The molecular weight excluding hydrogens is 306 g/mol. The van der Waals surface area contributed by atoms with Crippen molar-refractivity contribution in [2.75, 3.05) is 23.3 Å². The molecule has 1 N–H and O–H groups in total. The lowest BCUT2D eigenvalue weighted by atomic mass is 10.1. The average molecular weight is 329 g/mol. The van der Waals surface area contributed by atoms with E-state index in [1.54, 1.807) is 0 Å². The normalized spacial score (nSPS) is 14.2. The zero-order valence-electron chi connectivity index (χ0n) is 14.6. The number of nitrogens with one attached hydrogen (secondary N) is 1. The standard InChI is InChI=1S/C17H23N5O2/c1-10-14(13(4)24-21-10)9-15(23)20-16-11(2)18-17(19-12(16)3)22-7-5-6-8-22/h5-9H2,1-4H3,(H,20,23). The van der Waals surface area contributed by atoms with Gasteiger partial charge in [0, 0.05) is 18.7 Å². The van der Waals surface area contributed by atoms with Gasteiger partial charge in [-0.1, -0.05) is 5.16 Å². The van der Waals surface area contributed by atoms with Gasteiger partial charge in [-0.3, -0.25) is 4.79 Å². The third-order valence-corrected chi connectivity index (χ3v) is 4.43. The summed E-state index contributed by atoms with van der Waals surface area (Å²) in [5.41, 5.74) is 3.84. The second-order valence-electron chi connectivity index (χ2n) is 6.29. The maximum Gasteiger partial charge on any atom is 0.229 e. The summed E-state index contributed by atoms with van der Waals surface area (Å²) < 4.78 is 5.11. The van der Waals surface area contributed by atoms with E-state index < -0.39 is 0 Å². The molecule has 7 nitrogen and oxygen atoms in total. The molecule has 1 fully saturated rings. The number of aryl methyl sites for hydroxylation is 4. The fraction of sp³-hybridized carbons (Fsp3) is 0.529. The smallest absolute Gasteiger partial charge is 0.229 e. The summed E-state index contributed by atoms with van der Waals surface area (Å²) >= 11 is 0. The number of nitrogens with zero attached hydrogens (tertiary/aromatic N) is 4. The van der Waals surface area contributed by atoms with Crippen LogP contribution in [0.3, 0.4) is 0 Å². The minimum Gasteiger partial charge on any atom is -0.361 e. The zero-order valence-corrected chi connectivity index (χ0v) is 14.6. The first-order valence-corrected chi connectivity index (χ1v) is 8.27. The molecule has 1 aliphatic rings. The molecule has 128 valence electrons. The van der Waals surface area contributed by atoms with Crippen LogP contribution in [0, 0.1) is 27.7 Å². The van der Waals surface area contributed by atoms with Crippen LogP contribution in [0.25, 0.3) is 0 Å². The molecule has 0 spiro atoms. The van der Waals surface area contributed by atoms with E-state index in [1.165, 1.54) is 12.8 Å². The van der Waals surface area contributed by atoms with E-state index in [9.17, 15) is 4.79 Å². The van der Waals surface area contributed by atoms with Gasteiger partial charge >= 0.3 is 0 Å². The van der Waals surface area contributed by atoms with Crippen molar-refractivity contribution in [1.82, 2.24) is 15.1 Å². The Labute approximate surface area is 141 Å². The summed E-state index contributed by atoms with van der Waals surface area (Å²) in [6, 6.07) is 0. The highest BCUT2D eigenvalue weighted by Crippen LogP contribution is 2.23. The molecule has 0 saturated carbocycles. The molecule has 0 aliphatic carbocycles. The molecule has 3 heterocycles. The summed E-state index contributed by atoms with van der Waals surface area (Å²) in [6.07, 6.45) is 2.59. The highest BCUT2D eigenvalue weighted by atomic mass is 16.5. The third kappa shape index (κ3) is 3.25. The van der Waals surface area contributed by atoms with Gasteiger partial charge in [-0.15, -0.1) is 0 Å². The van der Waals surface area contributed by atoms with Gasteiger partial charge in [-0.05, 0) is 40.5 Å². The molecule has 0 radical (unpaired) electrons. The van der Waals surface area contributed by atoms with E-state index in [0.717, 1.165) is 41.7 Å². The van der Waals surface area contributed by atoms with E-state index in [1.807, 2.05) is 27.7 Å². The molecule has 0 bridgehead atoms. The topological polar surface area (TPSA) is 84.2 Å². The summed E-state index contributed by atoms with van der Waals surface area (Å²) in [5.74, 6) is 1.32. The van der Waals surface area contributed by atoms with Crippen LogP contribution in [0.5, 0.6) is 0 Å². The van der Waals surface area contributed by atoms with Crippen molar-refractivity contribution in [1.29, 1.82) is 0 Å². The molecule has 1 aliphatic heterocycles. The largest absolute Gasteiger partial charge is 0.361 e. The molecular formula is C17H23N5O2. The van der Waals surface area contributed by atoms with Crippen molar-refractivity contribution >= 4 is 17.5 Å². The number of aromatic nitrogens is 3. The Hall–Kier alpha value is -2.44. The van der Waals surface area contributed by atoms with Crippen molar-refractivity contribution in [2.45, 2.75) is 47.0 Å². The van der Waals surface area contributed by atoms with E-state index >= 15 is 0 Å². The average Bonchev–Trinajstić information content (AvgIpc) is 3.16. The number of hydrogen-bond donors (Lipinski definition) is 1. The molecule has 3 rings (SSSR count). The number of rotatable bonds is 4. The van der Waals surface area contributed by atoms with Crippen LogP contribution in [0.1, 0.15) is 41.2 Å². The lowest BCUT2D eigenvalue weighted by molar-refractivity contribution is -0.115. The molecule has 1 saturated heterocycles. The first-order chi connectivity index (χ1) is 11.5. The van der Waals surface area contributed by atoms with Gasteiger partial charge in [-0.2, -0.15) is 0 Å². The molecule has 2 aromatic heterocycles. The first-order valence-electron chi connectivity index (χ1n) is 8.27. The van der Waals surface area contributed by atoms with Crippen LogP contribution >= 0.6 is 0 Å². The van der Waals surface area contributed by atoms with Crippen LogP contribution in [-0.4, -0.2) is 34.1 Å². The third-order valence-electron chi connectivity index (χ3n) is 4.43. The Bertz CT molecular complexity index is 720. The van der Waals surface area contributed by atoms with Crippen molar-refractivity contribution in [2.24, 2.45) is 0 Å². The monoisotopic (exact) mass is 329 g/mol. The molecule has 2 aromatic rings. The number of carbonyl (C=O) groups is 1. The minimum absolute atomic E-state index is 0.117.